The third-order valence-corrected chi connectivity index (χ3v) is 2.87. The monoisotopic (exact) mass is 258 g/mol. The Morgan fingerprint density at radius 1 is 1.50 bits per heavy atom. The lowest BCUT2D eigenvalue weighted by Crippen LogP contribution is -2.46. The molecule has 0 unspecified atom stereocenters. The van der Waals surface area contributed by atoms with Gasteiger partial charge in [-0.3, -0.25) is 4.79 Å². The third-order valence-electron chi connectivity index (χ3n) is 2.25. The first-order chi connectivity index (χ1) is 6.79. The van der Waals surface area contributed by atoms with Crippen molar-refractivity contribution in [3.05, 3.63) is 22.6 Å². The van der Waals surface area contributed by atoms with Crippen molar-refractivity contribution in [2.45, 2.75) is 0 Å². The van der Waals surface area contributed by atoms with Crippen LogP contribution in [0.4, 0.5) is 0 Å². The molecule has 5 heteroatoms. The second kappa shape index (κ2) is 4.14. The summed E-state index contributed by atoms with van der Waals surface area (Å²) in [6.07, 6.45) is 1.51. The molecule has 2 heterocycles. The predicted molar refractivity (Wildman–Crippen MR) is 55.2 cm³/mol. The molecule has 1 saturated heterocycles. The van der Waals surface area contributed by atoms with Gasteiger partial charge in [0.2, 0.25) is 0 Å². The zero-order valence-corrected chi connectivity index (χ0v) is 9.21. The Morgan fingerprint density at radius 3 is 2.79 bits per heavy atom. The summed E-state index contributed by atoms with van der Waals surface area (Å²) in [5, 5.41) is 3.20. The smallest absolute Gasteiger partial charge is 0.258 e. The highest BCUT2D eigenvalue weighted by molar-refractivity contribution is 9.10. The van der Waals surface area contributed by atoms with Gasteiger partial charge in [-0.1, -0.05) is 0 Å². The van der Waals surface area contributed by atoms with E-state index in [1.165, 1.54) is 6.26 Å². The number of hydrogen-bond donors (Lipinski definition) is 1. The summed E-state index contributed by atoms with van der Waals surface area (Å²) >= 11 is 3.20. The predicted octanol–water partition coefficient (Wildman–Crippen LogP) is 1.09. The van der Waals surface area contributed by atoms with Gasteiger partial charge >= 0.3 is 0 Å². The topological polar surface area (TPSA) is 45.5 Å². The zero-order chi connectivity index (χ0) is 9.97. The van der Waals surface area contributed by atoms with Gasteiger partial charge in [0.05, 0.1) is 11.8 Å². The molecule has 1 aliphatic rings. The van der Waals surface area contributed by atoms with Crippen molar-refractivity contribution in [2.75, 3.05) is 26.2 Å². The van der Waals surface area contributed by atoms with E-state index in [1.807, 2.05) is 4.90 Å². The van der Waals surface area contributed by atoms with Crippen molar-refractivity contribution in [3.63, 3.8) is 0 Å². The Kier molecular flexibility index (Phi) is 2.88. The Morgan fingerprint density at radius 2 is 2.21 bits per heavy atom. The molecule has 1 N–H and O–H groups in total. The van der Waals surface area contributed by atoms with Crippen LogP contribution in [0.25, 0.3) is 0 Å². The summed E-state index contributed by atoms with van der Waals surface area (Å²) in [6, 6.07) is 1.69. The van der Waals surface area contributed by atoms with Crippen molar-refractivity contribution >= 4 is 21.8 Å². The molecule has 0 atom stereocenters. The Labute approximate surface area is 90.4 Å². The number of halogens is 1. The number of nitrogens with zero attached hydrogens (tertiary/aromatic N) is 1. The maximum Gasteiger partial charge on any atom is 0.258 e. The van der Waals surface area contributed by atoms with Crippen molar-refractivity contribution in [1.29, 1.82) is 0 Å². The van der Waals surface area contributed by atoms with Gasteiger partial charge in [0, 0.05) is 26.2 Å². The van der Waals surface area contributed by atoms with Crippen molar-refractivity contribution in [2.24, 2.45) is 0 Å². The molecule has 0 spiro atoms. The molecule has 1 fully saturated rings. The van der Waals surface area contributed by atoms with E-state index in [-0.39, 0.29) is 5.91 Å². The van der Waals surface area contributed by atoms with Crippen molar-refractivity contribution in [1.82, 2.24) is 10.2 Å². The van der Waals surface area contributed by atoms with E-state index in [0.717, 1.165) is 26.2 Å². The minimum atomic E-state index is 0.0344. The van der Waals surface area contributed by atoms with Crippen molar-refractivity contribution in [3.8, 4) is 0 Å². The van der Waals surface area contributed by atoms with E-state index >= 15 is 0 Å². The zero-order valence-electron chi connectivity index (χ0n) is 7.62. The maximum atomic E-state index is 11.9. The van der Waals surface area contributed by atoms with Crippen LogP contribution in [-0.2, 0) is 0 Å². The van der Waals surface area contributed by atoms with Crippen molar-refractivity contribution < 1.29 is 9.21 Å². The van der Waals surface area contributed by atoms with Crippen LogP contribution in [0.15, 0.2) is 21.4 Å². The molecule has 0 radical (unpaired) electrons. The van der Waals surface area contributed by atoms with Crippen LogP contribution in [0.2, 0.25) is 0 Å². The van der Waals surface area contributed by atoms with Gasteiger partial charge in [-0.2, -0.15) is 0 Å². The second-order valence-corrected chi connectivity index (χ2v) is 3.87. The Bertz CT molecular complexity index is 331. The van der Waals surface area contributed by atoms with E-state index in [0.29, 0.717) is 10.2 Å². The number of hydrogen-bond acceptors (Lipinski definition) is 3. The summed E-state index contributed by atoms with van der Waals surface area (Å²) < 4.78 is 5.54. The molecule has 1 aromatic heterocycles. The first kappa shape index (κ1) is 9.73. The Hall–Kier alpha value is -0.810. The quantitative estimate of drug-likeness (QED) is 0.821. The lowest BCUT2D eigenvalue weighted by molar-refractivity contribution is 0.0734. The standard InChI is InChI=1S/C9H11BrN2O2/c10-8-7(1-6-14-8)9(13)12-4-2-11-3-5-12/h1,6,11H,2-5H2. The molecule has 1 amide bonds. The minimum Gasteiger partial charge on any atom is -0.457 e. The van der Waals surface area contributed by atoms with E-state index in [4.69, 9.17) is 4.42 Å². The molecule has 1 aliphatic heterocycles. The molecular formula is C9H11BrN2O2. The SMILES string of the molecule is O=C(c1ccoc1Br)N1CCNCC1. The molecule has 14 heavy (non-hydrogen) atoms. The fourth-order valence-corrected chi connectivity index (χ4v) is 1.89. The summed E-state index contributed by atoms with van der Waals surface area (Å²) in [7, 11) is 0. The fourth-order valence-electron chi connectivity index (χ4n) is 1.48. The van der Waals surface area contributed by atoms with Crippen LogP contribution in [0.5, 0.6) is 0 Å². The van der Waals surface area contributed by atoms with Gasteiger partial charge in [-0.15, -0.1) is 0 Å². The molecule has 4 nitrogen and oxygen atoms in total. The van der Waals surface area contributed by atoms with Crippen LogP contribution < -0.4 is 5.32 Å². The van der Waals surface area contributed by atoms with Crippen LogP contribution in [-0.4, -0.2) is 37.0 Å². The average molecular weight is 259 g/mol. The maximum absolute atomic E-state index is 11.9. The first-order valence-corrected chi connectivity index (χ1v) is 5.31. The molecule has 0 aromatic carbocycles. The van der Waals surface area contributed by atoms with Crippen LogP contribution in [0.1, 0.15) is 10.4 Å². The molecule has 76 valence electrons. The molecule has 0 bridgehead atoms. The van der Waals surface area contributed by atoms with Gasteiger partial charge in [0.1, 0.15) is 0 Å². The highest BCUT2D eigenvalue weighted by Gasteiger charge is 2.21. The third kappa shape index (κ3) is 1.83. The average Bonchev–Trinajstić information content (AvgIpc) is 2.65. The van der Waals surface area contributed by atoms with Gasteiger partial charge in [0.25, 0.3) is 5.91 Å². The second-order valence-electron chi connectivity index (χ2n) is 3.15. The number of carbonyl (C=O) groups is 1. The van der Waals surface area contributed by atoms with Crippen LogP contribution >= 0.6 is 15.9 Å². The van der Waals surface area contributed by atoms with E-state index in [2.05, 4.69) is 21.2 Å². The normalized spacial score (nSPS) is 17.1. The molecule has 0 saturated carbocycles. The first-order valence-electron chi connectivity index (χ1n) is 4.52. The molecular weight excluding hydrogens is 248 g/mol. The summed E-state index contributed by atoms with van der Waals surface area (Å²) in [5.41, 5.74) is 0.604. The number of piperazine rings is 1. The highest BCUT2D eigenvalue weighted by Crippen LogP contribution is 2.19. The van der Waals surface area contributed by atoms with Gasteiger partial charge in [-0.05, 0) is 22.0 Å². The van der Waals surface area contributed by atoms with E-state index < -0.39 is 0 Å². The summed E-state index contributed by atoms with van der Waals surface area (Å²) in [4.78, 5) is 13.7. The highest BCUT2D eigenvalue weighted by atomic mass is 79.9. The van der Waals surface area contributed by atoms with Gasteiger partial charge in [-0.25, -0.2) is 0 Å². The Balaban J connectivity index is 2.11. The number of amides is 1. The van der Waals surface area contributed by atoms with Crippen LogP contribution in [0.3, 0.4) is 0 Å². The van der Waals surface area contributed by atoms with Crippen LogP contribution in [0, 0.1) is 0 Å². The summed E-state index contributed by atoms with van der Waals surface area (Å²) in [6.45, 7) is 3.25. The number of nitrogens with one attached hydrogen (secondary N) is 1. The summed E-state index contributed by atoms with van der Waals surface area (Å²) in [5.74, 6) is 0.0344. The minimum absolute atomic E-state index is 0.0344. The largest absolute Gasteiger partial charge is 0.457 e. The van der Waals surface area contributed by atoms with Gasteiger partial charge in [0.15, 0.2) is 4.67 Å². The molecule has 1 aromatic rings. The van der Waals surface area contributed by atoms with Gasteiger partial charge < -0.3 is 14.6 Å². The number of rotatable bonds is 1. The van der Waals surface area contributed by atoms with E-state index in [1.54, 1.807) is 6.07 Å². The number of furan rings is 1. The fraction of sp³-hybridized carbons (Fsp3) is 0.444. The van der Waals surface area contributed by atoms with E-state index in [9.17, 15) is 4.79 Å². The molecule has 0 aliphatic carbocycles. The lowest BCUT2D eigenvalue weighted by atomic mass is 10.2. The lowest BCUT2D eigenvalue weighted by Gasteiger charge is -2.27. The number of carbonyl (C=O) groups excluding carboxylic acids is 1. The molecule has 2 rings (SSSR count).